The van der Waals surface area contributed by atoms with Crippen molar-refractivity contribution in [1.82, 2.24) is 9.21 Å². The van der Waals surface area contributed by atoms with Gasteiger partial charge in [-0.25, -0.2) is 13.2 Å². The van der Waals surface area contributed by atoms with Gasteiger partial charge in [-0.2, -0.15) is 4.31 Å². The van der Waals surface area contributed by atoms with Crippen molar-refractivity contribution >= 4 is 16.1 Å². The molecule has 0 N–H and O–H groups in total. The van der Waals surface area contributed by atoms with Gasteiger partial charge in [-0.3, -0.25) is 4.90 Å². The molecule has 0 spiro atoms. The quantitative estimate of drug-likeness (QED) is 0.596. The fourth-order valence-corrected chi connectivity index (χ4v) is 5.46. The predicted molar refractivity (Wildman–Crippen MR) is 123 cm³/mol. The molecule has 1 saturated heterocycles. The van der Waals surface area contributed by atoms with E-state index in [-0.39, 0.29) is 23.4 Å². The van der Waals surface area contributed by atoms with Crippen molar-refractivity contribution < 1.29 is 27.4 Å². The first kappa shape index (κ1) is 26.4. The first-order chi connectivity index (χ1) is 14.6. The third kappa shape index (κ3) is 6.14. The van der Waals surface area contributed by atoms with E-state index in [2.05, 4.69) is 0 Å². The van der Waals surface area contributed by atoms with Gasteiger partial charge in [-0.15, -0.1) is 0 Å². The van der Waals surface area contributed by atoms with E-state index < -0.39 is 33.5 Å². The zero-order valence-corrected chi connectivity index (χ0v) is 21.5. The van der Waals surface area contributed by atoms with E-state index in [1.165, 1.54) is 23.5 Å². The molecule has 8 nitrogen and oxygen atoms in total. The summed E-state index contributed by atoms with van der Waals surface area (Å²) < 4.78 is 45.2. The number of carbonyl (C=O) groups is 1. The van der Waals surface area contributed by atoms with E-state index in [1.807, 2.05) is 41.5 Å². The molecule has 2 rings (SSSR count). The Morgan fingerprint density at radius 2 is 1.78 bits per heavy atom. The van der Waals surface area contributed by atoms with E-state index in [0.29, 0.717) is 12.3 Å². The summed E-state index contributed by atoms with van der Waals surface area (Å²) in [5, 5.41) is 0. The van der Waals surface area contributed by atoms with Crippen LogP contribution in [-0.2, 0) is 19.5 Å². The SMILES string of the molecule is COc1ccc(S(=O)(=O)N(CC(C)C)C[C@H]2OC(C)(C)N(C(=O)OC(C)(C)C)[C@H]2C)cc1. The Bertz CT molecular complexity index is 890. The van der Waals surface area contributed by atoms with Gasteiger partial charge < -0.3 is 14.2 Å². The normalized spacial score (nSPS) is 21.3. The number of carbonyl (C=O) groups excluding carboxylic acids is 1. The molecule has 1 aromatic rings. The van der Waals surface area contributed by atoms with Gasteiger partial charge in [-0.05, 0) is 71.7 Å². The number of amides is 1. The van der Waals surface area contributed by atoms with Crippen molar-refractivity contribution in [3.8, 4) is 5.75 Å². The lowest BCUT2D eigenvalue weighted by Crippen LogP contribution is -2.50. The van der Waals surface area contributed by atoms with Gasteiger partial charge in [0.05, 0.1) is 24.2 Å². The van der Waals surface area contributed by atoms with Crippen LogP contribution in [0.5, 0.6) is 5.75 Å². The van der Waals surface area contributed by atoms with Crippen molar-refractivity contribution in [2.45, 2.75) is 83.8 Å². The maximum atomic E-state index is 13.5. The minimum atomic E-state index is -3.77. The van der Waals surface area contributed by atoms with Gasteiger partial charge in [0.2, 0.25) is 10.0 Å². The van der Waals surface area contributed by atoms with Crippen molar-refractivity contribution in [1.29, 1.82) is 0 Å². The zero-order chi connectivity index (χ0) is 24.5. The maximum absolute atomic E-state index is 13.5. The first-order valence-corrected chi connectivity index (χ1v) is 12.4. The van der Waals surface area contributed by atoms with E-state index in [4.69, 9.17) is 14.2 Å². The highest BCUT2D eigenvalue weighted by molar-refractivity contribution is 7.89. The molecule has 1 aromatic carbocycles. The summed E-state index contributed by atoms with van der Waals surface area (Å²) in [5.41, 5.74) is -1.58. The molecule has 2 atom stereocenters. The Balaban J connectivity index is 2.31. The number of methoxy groups -OCH3 is 1. The number of sulfonamides is 1. The lowest BCUT2D eigenvalue weighted by atomic mass is 10.1. The number of nitrogens with zero attached hydrogens (tertiary/aromatic N) is 2. The monoisotopic (exact) mass is 470 g/mol. The van der Waals surface area contributed by atoms with E-state index in [1.54, 1.807) is 30.9 Å². The third-order valence-electron chi connectivity index (χ3n) is 5.21. The van der Waals surface area contributed by atoms with Crippen LogP contribution in [0, 0.1) is 5.92 Å². The molecule has 9 heteroatoms. The highest BCUT2D eigenvalue weighted by Crippen LogP contribution is 2.35. The average molecular weight is 471 g/mol. The number of hydrogen-bond donors (Lipinski definition) is 0. The molecule has 0 aliphatic carbocycles. The van der Waals surface area contributed by atoms with Crippen molar-refractivity contribution in [3.05, 3.63) is 24.3 Å². The van der Waals surface area contributed by atoms with Crippen molar-refractivity contribution in [2.24, 2.45) is 5.92 Å². The van der Waals surface area contributed by atoms with Crippen LogP contribution in [0.1, 0.15) is 55.4 Å². The molecule has 0 bridgehead atoms. The standard InChI is InChI=1S/C23H38N2O6S/c1-16(2)14-24(32(27,28)19-12-10-18(29-9)11-13-19)15-20-17(3)25(23(7,8)30-20)21(26)31-22(4,5)6/h10-13,16-17,20H,14-15H2,1-9H3/t17-,20+/m0/s1. The summed E-state index contributed by atoms with van der Waals surface area (Å²) in [7, 11) is -2.24. The van der Waals surface area contributed by atoms with Gasteiger partial charge in [0, 0.05) is 13.1 Å². The lowest BCUT2D eigenvalue weighted by molar-refractivity contribution is -0.0805. The topological polar surface area (TPSA) is 85.4 Å². The second-order valence-electron chi connectivity index (χ2n) is 10.1. The number of hydrogen-bond acceptors (Lipinski definition) is 6. The number of ether oxygens (including phenoxy) is 3. The molecule has 1 amide bonds. The summed E-state index contributed by atoms with van der Waals surface area (Å²) in [5.74, 6) is 0.691. The Morgan fingerprint density at radius 3 is 2.25 bits per heavy atom. The molecule has 32 heavy (non-hydrogen) atoms. The van der Waals surface area contributed by atoms with Crippen molar-refractivity contribution in [2.75, 3.05) is 20.2 Å². The number of benzene rings is 1. The molecular formula is C23H38N2O6S. The molecule has 0 saturated carbocycles. The smallest absolute Gasteiger partial charge is 0.412 e. The minimum absolute atomic E-state index is 0.106. The summed E-state index contributed by atoms with van der Waals surface area (Å²) in [6, 6.07) is 5.96. The number of rotatable bonds is 7. The Morgan fingerprint density at radius 1 is 1.22 bits per heavy atom. The molecule has 1 fully saturated rings. The second kappa shape index (κ2) is 9.57. The summed E-state index contributed by atoms with van der Waals surface area (Å²) in [6.07, 6.45) is -0.991. The summed E-state index contributed by atoms with van der Waals surface area (Å²) >= 11 is 0. The highest BCUT2D eigenvalue weighted by Gasteiger charge is 2.50. The van der Waals surface area contributed by atoms with Gasteiger partial charge in [0.25, 0.3) is 0 Å². The Labute approximate surface area is 192 Å². The van der Waals surface area contributed by atoms with Gasteiger partial charge in [-0.1, -0.05) is 13.8 Å². The molecular weight excluding hydrogens is 432 g/mol. The molecule has 1 heterocycles. The van der Waals surface area contributed by atoms with E-state index >= 15 is 0 Å². The fourth-order valence-electron chi connectivity index (χ4n) is 3.84. The van der Waals surface area contributed by atoms with Crippen LogP contribution in [-0.4, -0.2) is 67.4 Å². The lowest BCUT2D eigenvalue weighted by Gasteiger charge is -2.34. The molecule has 1 aliphatic rings. The predicted octanol–water partition coefficient (Wildman–Crippen LogP) is 4.10. The fraction of sp³-hybridized carbons (Fsp3) is 0.696. The Hall–Kier alpha value is -1.84. The third-order valence-corrected chi connectivity index (χ3v) is 7.05. The largest absolute Gasteiger partial charge is 0.497 e. The van der Waals surface area contributed by atoms with Crippen molar-refractivity contribution in [3.63, 3.8) is 0 Å². The maximum Gasteiger partial charge on any atom is 0.412 e. The average Bonchev–Trinajstić information content (AvgIpc) is 2.87. The van der Waals surface area contributed by atoms with E-state index in [9.17, 15) is 13.2 Å². The molecule has 0 aromatic heterocycles. The van der Waals surface area contributed by atoms with Crippen LogP contribution < -0.4 is 4.74 Å². The van der Waals surface area contributed by atoms with Crippen LogP contribution in [0.2, 0.25) is 0 Å². The molecule has 1 aliphatic heterocycles. The molecule has 0 unspecified atom stereocenters. The minimum Gasteiger partial charge on any atom is -0.497 e. The van der Waals surface area contributed by atoms with Crippen LogP contribution in [0.15, 0.2) is 29.2 Å². The molecule has 182 valence electrons. The van der Waals surface area contributed by atoms with Crippen LogP contribution in [0.4, 0.5) is 4.79 Å². The summed E-state index contributed by atoms with van der Waals surface area (Å²) in [4.78, 5) is 14.6. The van der Waals surface area contributed by atoms with Crippen LogP contribution in [0.25, 0.3) is 0 Å². The first-order valence-electron chi connectivity index (χ1n) is 10.9. The molecule has 0 radical (unpaired) electrons. The summed E-state index contributed by atoms with van der Waals surface area (Å²) in [6.45, 7) is 15.2. The zero-order valence-electron chi connectivity index (χ0n) is 20.7. The van der Waals surface area contributed by atoms with Crippen LogP contribution in [0.3, 0.4) is 0 Å². The van der Waals surface area contributed by atoms with Gasteiger partial charge in [0.15, 0.2) is 0 Å². The second-order valence-corrected chi connectivity index (χ2v) is 12.0. The van der Waals surface area contributed by atoms with E-state index in [0.717, 1.165) is 0 Å². The van der Waals surface area contributed by atoms with Crippen LogP contribution >= 0.6 is 0 Å². The van der Waals surface area contributed by atoms with Gasteiger partial charge >= 0.3 is 6.09 Å². The highest BCUT2D eigenvalue weighted by atomic mass is 32.2. The van der Waals surface area contributed by atoms with Gasteiger partial charge in [0.1, 0.15) is 17.1 Å². The Kier molecular flexibility index (Phi) is 7.90.